The number of aromatic nitrogens is 4. The third-order valence-corrected chi connectivity index (χ3v) is 5.80. The van der Waals surface area contributed by atoms with Gasteiger partial charge >= 0.3 is 0 Å². The van der Waals surface area contributed by atoms with E-state index < -0.39 is 29.4 Å². The zero-order valence-corrected chi connectivity index (χ0v) is 17.3. The fraction of sp³-hybridized carbons (Fsp3) is 0.286. The molecule has 1 aliphatic rings. The van der Waals surface area contributed by atoms with Crippen LogP contribution in [0.25, 0.3) is 27.7 Å². The van der Waals surface area contributed by atoms with Gasteiger partial charge in [-0.25, -0.2) is 13.8 Å². The molecule has 0 unspecified atom stereocenters. The highest BCUT2D eigenvalue weighted by atomic mass is 35.5. The van der Waals surface area contributed by atoms with Crippen molar-refractivity contribution in [2.45, 2.75) is 32.0 Å². The van der Waals surface area contributed by atoms with E-state index in [9.17, 15) is 14.3 Å². The van der Waals surface area contributed by atoms with Crippen molar-refractivity contribution in [3.63, 3.8) is 0 Å². The number of amides is 1. The Kier molecular flexibility index (Phi) is 4.32. The lowest BCUT2D eigenvalue weighted by molar-refractivity contribution is -0.117. The number of hydrogen-bond donors (Lipinski definition) is 3. The molecule has 3 N–H and O–H groups in total. The number of carbonyl (C=O) groups excluding carboxylic acids is 1. The van der Waals surface area contributed by atoms with Gasteiger partial charge in [0.25, 0.3) is 0 Å². The van der Waals surface area contributed by atoms with E-state index >= 15 is 4.39 Å². The first-order valence-electron chi connectivity index (χ1n) is 9.66. The molecule has 31 heavy (non-hydrogen) atoms. The highest BCUT2D eigenvalue weighted by Crippen LogP contribution is 2.42. The van der Waals surface area contributed by atoms with Crippen molar-refractivity contribution in [1.29, 1.82) is 0 Å². The second-order valence-corrected chi connectivity index (χ2v) is 8.63. The maximum absolute atomic E-state index is 15.2. The summed E-state index contributed by atoms with van der Waals surface area (Å²) >= 11 is 6.41. The number of aliphatic hydroxyl groups is 1. The predicted molar refractivity (Wildman–Crippen MR) is 112 cm³/mol. The molecule has 1 aliphatic carbocycles. The smallest absolute Gasteiger partial charge is 0.231 e. The van der Waals surface area contributed by atoms with Gasteiger partial charge in [0.05, 0.1) is 34.5 Å². The van der Waals surface area contributed by atoms with Crippen LogP contribution in [0.15, 0.2) is 30.7 Å². The number of nitrogens with one attached hydrogen (secondary N) is 2. The number of halogens is 3. The molecule has 2 atom stereocenters. The summed E-state index contributed by atoms with van der Waals surface area (Å²) in [4.78, 5) is 16.3. The molecule has 0 radical (unpaired) electrons. The molecule has 5 rings (SSSR count). The normalized spacial score (nSPS) is 18.6. The molecule has 160 valence electrons. The average Bonchev–Trinajstić information content (AvgIpc) is 3.07. The lowest BCUT2D eigenvalue weighted by Gasteiger charge is -2.21. The Morgan fingerprint density at radius 1 is 1.39 bits per heavy atom. The molecule has 10 heteroatoms. The fourth-order valence-corrected chi connectivity index (χ4v) is 4.13. The van der Waals surface area contributed by atoms with Gasteiger partial charge < -0.3 is 14.8 Å². The van der Waals surface area contributed by atoms with Gasteiger partial charge in [0.15, 0.2) is 11.6 Å². The lowest BCUT2D eigenvalue weighted by atomic mass is 9.91. The summed E-state index contributed by atoms with van der Waals surface area (Å²) in [6.45, 7) is 2.95. The second-order valence-electron chi connectivity index (χ2n) is 8.25. The Balaban J connectivity index is 1.60. The van der Waals surface area contributed by atoms with Crippen LogP contribution in [0.2, 0.25) is 5.02 Å². The maximum atomic E-state index is 15.2. The molecule has 3 aromatic heterocycles. The van der Waals surface area contributed by atoms with Crippen LogP contribution >= 0.6 is 11.6 Å². The minimum atomic E-state index is -1.47. The summed E-state index contributed by atoms with van der Waals surface area (Å²) in [6, 6.07) is 3.42. The maximum Gasteiger partial charge on any atom is 0.231 e. The first-order valence-corrected chi connectivity index (χ1v) is 10.0. The van der Waals surface area contributed by atoms with Crippen LogP contribution < -0.4 is 5.32 Å². The van der Waals surface area contributed by atoms with Gasteiger partial charge in [0.2, 0.25) is 5.91 Å². The first kappa shape index (κ1) is 19.9. The van der Waals surface area contributed by atoms with E-state index in [0.717, 1.165) is 0 Å². The third kappa shape index (κ3) is 3.24. The van der Waals surface area contributed by atoms with Crippen LogP contribution in [0.4, 0.5) is 14.6 Å². The molecule has 1 saturated carbocycles. The number of aromatic amines is 1. The van der Waals surface area contributed by atoms with Crippen molar-refractivity contribution < 1.29 is 18.7 Å². The molecule has 0 spiro atoms. The molecule has 1 fully saturated rings. The van der Waals surface area contributed by atoms with Gasteiger partial charge in [-0.2, -0.15) is 5.10 Å². The molecule has 4 aromatic rings. The molecule has 0 saturated heterocycles. The van der Waals surface area contributed by atoms with Crippen LogP contribution in [0.1, 0.15) is 25.8 Å². The highest BCUT2D eigenvalue weighted by molar-refractivity contribution is 6.35. The quantitative estimate of drug-likeness (QED) is 0.439. The van der Waals surface area contributed by atoms with E-state index in [-0.39, 0.29) is 17.0 Å². The second kappa shape index (κ2) is 6.73. The number of fused-ring (bicyclic) bond motifs is 2. The van der Waals surface area contributed by atoms with Crippen molar-refractivity contribution in [2.24, 2.45) is 5.92 Å². The number of pyridine rings is 1. The number of hydrogen-bond acceptors (Lipinski definition) is 4. The molecular weight excluding hydrogens is 428 g/mol. The summed E-state index contributed by atoms with van der Waals surface area (Å²) in [6.07, 6.45) is 3.95. The standard InChI is InChI=1S/C21H18ClF2N5O2/c1-21(2,31)16-18(24)17(22)15(11-6-25-28-19(11)16)9-3-4-14-26-13(8-29(14)7-9)27-20(30)10-5-12(10)23/h3-4,6-8,10,12,31H,5H2,1-2H3,(H,25,28)(H,27,30)/t10-,12+/m1/s1. The summed E-state index contributed by atoms with van der Waals surface area (Å²) in [5.74, 6) is -1.46. The number of alkyl halides is 1. The molecule has 1 aromatic carbocycles. The Bertz CT molecular complexity index is 1360. The van der Waals surface area contributed by atoms with E-state index in [0.29, 0.717) is 33.5 Å². The Hall–Kier alpha value is -3.04. The predicted octanol–water partition coefficient (Wildman–Crippen LogP) is 4.19. The van der Waals surface area contributed by atoms with Crippen LogP contribution in [-0.2, 0) is 10.4 Å². The molecule has 1 amide bonds. The van der Waals surface area contributed by atoms with E-state index in [1.165, 1.54) is 20.0 Å². The highest BCUT2D eigenvalue weighted by Gasteiger charge is 2.43. The van der Waals surface area contributed by atoms with Gasteiger partial charge in [0, 0.05) is 28.3 Å². The molecule has 7 nitrogen and oxygen atoms in total. The molecule has 3 heterocycles. The topological polar surface area (TPSA) is 95.3 Å². The number of rotatable bonds is 4. The third-order valence-electron chi connectivity index (χ3n) is 5.44. The van der Waals surface area contributed by atoms with Crippen molar-refractivity contribution in [2.75, 3.05) is 5.32 Å². The van der Waals surface area contributed by atoms with Crippen molar-refractivity contribution in [3.05, 3.63) is 47.1 Å². The number of nitrogens with zero attached hydrogens (tertiary/aromatic N) is 3. The van der Waals surface area contributed by atoms with Crippen molar-refractivity contribution in [1.82, 2.24) is 19.6 Å². The number of carbonyl (C=O) groups is 1. The zero-order valence-electron chi connectivity index (χ0n) is 16.6. The summed E-state index contributed by atoms with van der Waals surface area (Å²) in [7, 11) is 0. The van der Waals surface area contributed by atoms with Gasteiger partial charge in [-0.3, -0.25) is 9.89 Å². The Labute approximate surface area is 180 Å². The van der Waals surface area contributed by atoms with E-state index in [4.69, 9.17) is 11.6 Å². The van der Waals surface area contributed by atoms with Gasteiger partial charge in [-0.05, 0) is 32.4 Å². The zero-order chi connectivity index (χ0) is 22.1. The molecule has 0 bridgehead atoms. The van der Waals surface area contributed by atoms with Crippen LogP contribution in [-0.4, -0.2) is 36.8 Å². The van der Waals surface area contributed by atoms with E-state index in [1.807, 2.05) is 0 Å². The molecular formula is C21H18ClF2N5O2. The number of anilines is 1. The number of benzene rings is 1. The monoisotopic (exact) mass is 445 g/mol. The first-order chi connectivity index (χ1) is 14.6. The lowest BCUT2D eigenvalue weighted by Crippen LogP contribution is -2.19. The largest absolute Gasteiger partial charge is 0.386 e. The summed E-state index contributed by atoms with van der Waals surface area (Å²) in [5, 5.41) is 20.2. The minimum Gasteiger partial charge on any atom is -0.386 e. The SMILES string of the molecule is CC(C)(O)c1c(F)c(Cl)c(-c2ccc3nc(NC(=O)[C@@H]4C[C@@H]4F)cn3c2)c2cn[nH]c12. The Morgan fingerprint density at radius 3 is 2.81 bits per heavy atom. The van der Waals surface area contributed by atoms with Gasteiger partial charge in [0.1, 0.15) is 11.8 Å². The average molecular weight is 446 g/mol. The fourth-order valence-electron chi connectivity index (χ4n) is 3.82. The summed E-state index contributed by atoms with van der Waals surface area (Å²) < 4.78 is 29.9. The minimum absolute atomic E-state index is 0.0358. The summed E-state index contributed by atoms with van der Waals surface area (Å²) in [5.41, 5.74) is 0.460. The van der Waals surface area contributed by atoms with E-state index in [2.05, 4.69) is 20.5 Å². The van der Waals surface area contributed by atoms with Gasteiger partial charge in [-0.1, -0.05) is 11.6 Å². The van der Waals surface area contributed by atoms with E-state index in [1.54, 1.807) is 28.9 Å². The van der Waals surface area contributed by atoms with Crippen LogP contribution in [0.5, 0.6) is 0 Å². The van der Waals surface area contributed by atoms with Crippen LogP contribution in [0.3, 0.4) is 0 Å². The van der Waals surface area contributed by atoms with Crippen molar-refractivity contribution >= 4 is 39.9 Å². The van der Waals surface area contributed by atoms with Crippen LogP contribution in [0, 0.1) is 11.7 Å². The Morgan fingerprint density at radius 2 is 2.13 bits per heavy atom. The van der Waals surface area contributed by atoms with Crippen molar-refractivity contribution in [3.8, 4) is 11.1 Å². The number of H-pyrrole nitrogens is 1. The number of imidazole rings is 1. The van der Waals surface area contributed by atoms with Gasteiger partial charge in [-0.15, -0.1) is 0 Å². The molecule has 0 aliphatic heterocycles.